The van der Waals surface area contributed by atoms with E-state index < -0.39 is 5.97 Å². The molecule has 0 radical (unpaired) electrons. The van der Waals surface area contributed by atoms with Gasteiger partial charge in [-0.15, -0.1) is 0 Å². The topological polar surface area (TPSA) is 44.8 Å². The Morgan fingerprint density at radius 1 is 1.33 bits per heavy atom. The van der Waals surface area contributed by atoms with E-state index in [0.717, 1.165) is 12.0 Å². The van der Waals surface area contributed by atoms with Crippen LogP contribution in [-0.4, -0.2) is 19.7 Å². The summed E-state index contributed by atoms with van der Waals surface area (Å²) in [4.78, 5) is 14.3. The minimum Gasteiger partial charge on any atom is -0.493 e. The lowest BCUT2D eigenvalue weighted by Gasteiger charge is -2.12. The summed E-state index contributed by atoms with van der Waals surface area (Å²) in [6, 6.07) is 4.34. The summed E-state index contributed by atoms with van der Waals surface area (Å²) in [5.41, 5.74) is 1.17. The van der Waals surface area contributed by atoms with Crippen LogP contribution in [0.15, 0.2) is 42.0 Å². The number of benzene rings is 1. The quantitative estimate of drug-likeness (QED) is 0.712. The van der Waals surface area contributed by atoms with Crippen molar-refractivity contribution in [3.63, 3.8) is 0 Å². The fourth-order valence-electron chi connectivity index (χ4n) is 1.63. The maximum absolute atomic E-state index is 11.9. The summed E-state index contributed by atoms with van der Waals surface area (Å²) in [6.45, 7) is 4.39. The minimum atomic E-state index is -1.07. The van der Waals surface area contributed by atoms with Gasteiger partial charge in [0.15, 0.2) is 11.5 Å². The normalized spacial score (nSPS) is 11.5. The van der Waals surface area contributed by atoms with Gasteiger partial charge in [-0.05, 0) is 37.1 Å². The van der Waals surface area contributed by atoms with Gasteiger partial charge in [-0.25, -0.2) is 9.74 Å². The van der Waals surface area contributed by atoms with Gasteiger partial charge in [0.1, 0.15) is 6.61 Å². The van der Waals surface area contributed by atoms with Gasteiger partial charge < -0.3 is 9.47 Å². The molecule has 1 aromatic rings. The van der Waals surface area contributed by atoms with Crippen LogP contribution < -0.4 is 9.47 Å². The van der Waals surface area contributed by atoms with Gasteiger partial charge in [0.2, 0.25) is 0 Å². The van der Waals surface area contributed by atoms with Crippen molar-refractivity contribution in [3.05, 3.63) is 47.6 Å². The zero-order valence-electron chi connectivity index (χ0n) is 12.4. The number of allylic oxidation sites excluding steroid dienone is 3. The SMILES string of the molecule is C/C=C\C=C(/CC)COc1ccc(C(=O)OF)cc1OC. The summed E-state index contributed by atoms with van der Waals surface area (Å²) in [6.07, 6.45) is 6.73. The highest BCUT2D eigenvalue weighted by Crippen LogP contribution is 2.29. The molecular formula is C16H19FO4. The smallest absolute Gasteiger partial charge is 0.379 e. The largest absolute Gasteiger partial charge is 0.493 e. The van der Waals surface area contributed by atoms with Gasteiger partial charge in [0.25, 0.3) is 0 Å². The zero-order valence-corrected chi connectivity index (χ0v) is 12.4. The van der Waals surface area contributed by atoms with E-state index >= 15 is 0 Å². The molecule has 0 fully saturated rings. The lowest BCUT2D eigenvalue weighted by atomic mass is 10.2. The summed E-state index contributed by atoms with van der Waals surface area (Å²) in [5.74, 6) is -0.241. The van der Waals surface area contributed by atoms with Crippen molar-refractivity contribution in [2.45, 2.75) is 20.3 Å². The highest BCUT2D eigenvalue weighted by Gasteiger charge is 2.13. The predicted molar refractivity (Wildman–Crippen MR) is 78.2 cm³/mol. The Morgan fingerprint density at radius 2 is 2.10 bits per heavy atom. The Morgan fingerprint density at radius 3 is 2.67 bits per heavy atom. The predicted octanol–water partition coefficient (Wildman–Crippen LogP) is 4.03. The molecule has 0 N–H and O–H groups in total. The fourth-order valence-corrected chi connectivity index (χ4v) is 1.63. The molecule has 4 nitrogen and oxygen atoms in total. The van der Waals surface area contributed by atoms with E-state index in [1.54, 1.807) is 6.07 Å². The molecule has 0 heterocycles. The number of methoxy groups -OCH3 is 1. The molecule has 21 heavy (non-hydrogen) atoms. The van der Waals surface area contributed by atoms with E-state index in [4.69, 9.17) is 9.47 Å². The van der Waals surface area contributed by atoms with Crippen LogP contribution in [-0.2, 0) is 4.94 Å². The summed E-state index contributed by atoms with van der Waals surface area (Å²) in [7, 11) is 1.45. The first-order chi connectivity index (χ1) is 10.2. The van der Waals surface area contributed by atoms with Crippen molar-refractivity contribution in [1.29, 1.82) is 0 Å². The Kier molecular flexibility index (Phi) is 7.01. The van der Waals surface area contributed by atoms with E-state index in [-0.39, 0.29) is 5.56 Å². The van der Waals surface area contributed by atoms with Crippen LogP contribution in [0.3, 0.4) is 0 Å². The molecule has 0 saturated heterocycles. The van der Waals surface area contributed by atoms with Crippen LogP contribution in [0.1, 0.15) is 30.6 Å². The van der Waals surface area contributed by atoms with Gasteiger partial charge in [0.05, 0.1) is 12.7 Å². The van der Waals surface area contributed by atoms with Crippen molar-refractivity contribution in [2.24, 2.45) is 0 Å². The number of hydrogen-bond donors (Lipinski definition) is 0. The molecule has 0 amide bonds. The van der Waals surface area contributed by atoms with Crippen LogP contribution in [0.5, 0.6) is 11.5 Å². The highest BCUT2D eigenvalue weighted by molar-refractivity contribution is 5.89. The first kappa shape index (κ1) is 16.8. The second-order valence-corrected chi connectivity index (χ2v) is 4.22. The van der Waals surface area contributed by atoms with E-state index in [1.165, 1.54) is 19.2 Å². The number of carbonyl (C=O) groups is 1. The summed E-state index contributed by atoms with van der Waals surface area (Å²) < 4.78 is 22.7. The van der Waals surface area contributed by atoms with Crippen molar-refractivity contribution in [1.82, 2.24) is 0 Å². The highest BCUT2D eigenvalue weighted by atomic mass is 19.3. The first-order valence-electron chi connectivity index (χ1n) is 6.60. The number of hydrogen-bond acceptors (Lipinski definition) is 4. The fraction of sp³-hybridized carbons (Fsp3) is 0.312. The second kappa shape index (κ2) is 8.79. The van der Waals surface area contributed by atoms with Crippen LogP contribution in [0.25, 0.3) is 0 Å². The van der Waals surface area contributed by atoms with Crippen molar-refractivity contribution < 1.29 is 23.7 Å². The third kappa shape index (κ3) is 4.95. The van der Waals surface area contributed by atoms with Gasteiger partial charge in [0, 0.05) is 4.53 Å². The molecular weight excluding hydrogens is 275 g/mol. The molecule has 0 bridgehead atoms. The standard InChI is InChI=1S/C16H19FO4/c1-4-6-7-12(5-2)11-20-14-9-8-13(16(18)21-17)10-15(14)19-3/h4,6-10H,5,11H2,1-3H3/b6-4-,12-7+. The molecule has 0 aromatic heterocycles. The average Bonchev–Trinajstić information content (AvgIpc) is 2.54. The number of halogens is 1. The third-order valence-electron chi connectivity index (χ3n) is 2.86. The van der Waals surface area contributed by atoms with Crippen molar-refractivity contribution in [2.75, 3.05) is 13.7 Å². The van der Waals surface area contributed by atoms with Crippen molar-refractivity contribution in [3.8, 4) is 11.5 Å². The monoisotopic (exact) mass is 294 g/mol. The zero-order chi connectivity index (χ0) is 15.7. The summed E-state index contributed by atoms with van der Waals surface area (Å²) >= 11 is 0. The molecule has 0 unspecified atom stereocenters. The lowest BCUT2D eigenvalue weighted by Crippen LogP contribution is -2.04. The Balaban J connectivity index is 2.86. The minimum absolute atomic E-state index is 0.0573. The lowest BCUT2D eigenvalue weighted by molar-refractivity contribution is -0.0788. The molecule has 0 saturated carbocycles. The van der Waals surface area contributed by atoms with Gasteiger partial charge in [-0.3, -0.25) is 0 Å². The van der Waals surface area contributed by atoms with Gasteiger partial charge >= 0.3 is 5.97 Å². The van der Waals surface area contributed by atoms with Crippen LogP contribution in [0, 0.1) is 0 Å². The molecule has 0 atom stereocenters. The van der Waals surface area contributed by atoms with E-state index in [0.29, 0.717) is 18.1 Å². The number of carbonyl (C=O) groups excluding carboxylic acids is 1. The third-order valence-corrected chi connectivity index (χ3v) is 2.86. The van der Waals surface area contributed by atoms with Crippen LogP contribution in [0.2, 0.25) is 0 Å². The van der Waals surface area contributed by atoms with Gasteiger partial charge in [-0.1, -0.05) is 25.2 Å². The second-order valence-electron chi connectivity index (χ2n) is 4.22. The molecule has 5 heteroatoms. The van der Waals surface area contributed by atoms with Crippen molar-refractivity contribution >= 4 is 5.97 Å². The number of rotatable bonds is 7. The first-order valence-corrected chi connectivity index (χ1v) is 6.60. The molecule has 1 aromatic carbocycles. The van der Waals surface area contributed by atoms with Gasteiger partial charge in [-0.2, -0.15) is 0 Å². The van der Waals surface area contributed by atoms with Crippen LogP contribution >= 0.6 is 0 Å². The Hall–Kier alpha value is -2.30. The molecule has 0 aliphatic rings. The summed E-state index contributed by atoms with van der Waals surface area (Å²) in [5, 5.41) is 0. The van der Waals surface area contributed by atoms with E-state index in [1.807, 2.05) is 32.1 Å². The average molecular weight is 294 g/mol. The molecule has 0 spiro atoms. The Labute approximate surface area is 123 Å². The molecule has 0 aliphatic carbocycles. The maximum atomic E-state index is 11.9. The number of ether oxygens (including phenoxy) is 2. The molecule has 1 rings (SSSR count). The van der Waals surface area contributed by atoms with E-state index in [2.05, 4.69) is 4.94 Å². The van der Waals surface area contributed by atoms with Crippen LogP contribution in [0.4, 0.5) is 4.53 Å². The maximum Gasteiger partial charge on any atom is 0.379 e. The Bertz CT molecular complexity index is 535. The van der Waals surface area contributed by atoms with E-state index in [9.17, 15) is 9.32 Å². The molecule has 0 aliphatic heterocycles. The molecule has 114 valence electrons.